The Balaban J connectivity index is 1.99. The van der Waals surface area contributed by atoms with Crippen molar-refractivity contribution in [2.24, 2.45) is 0 Å². The number of fused-ring (bicyclic) bond motifs is 1. The van der Waals surface area contributed by atoms with E-state index in [1.165, 1.54) is 12.1 Å². The van der Waals surface area contributed by atoms with E-state index >= 15 is 0 Å². The van der Waals surface area contributed by atoms with Gasteiger partial charge in [0.2, 0.25) is 0 Å². The van der Waals surface area contributed by atoms with Crippen molar-refractivity contribution in [3.8, 4) is 0 Å². The van der Waals surface area contributed by atoms with E-state index < -0.39 is 11.7 Å². The van der Waals surface area contributed by atoms with Gasteiger partial charge >= 0.3 is 0 Å². The molecule has 23 heavy (non-hydrogen) atoms. The molecule has 1 heterocycles. The highest BCUT2D eigenvalue weighted by Crippen LogP contribution is 2.22. The van der Waals surface area contributed by atoms with Gasteiger partial charge in [-0.2, -0.15) is 15.4 Å². The second-order valence-corrected chi connectivity index (χ2v) is 5.30. The first-order valence-electron chi connectivity index (χ1n) is 7.55. The lowest BCUT2D eigenvalue weighted by atomic mass is 10.0. The number of anilines is 1. The number of carbonyl (C=O) groups excluding carboxylic acids is 1. The molecule has 0 fully saturated rings. The van der Waals surface area contributed by atoms with Gasteiger partial charge in [0, 0.05) is 11.8 Å². The van der Waals surface area contributed by atoms with Crippen LogP contribution in [0.1, 0.15) is 35.3 Å². The van der Waals surface area contributed by atoms with E-state index in [-0.39, 0.29) is 5.56 Å². The smallest absolute Gasteiger partial charge is 0.258 e. The van der Waals surface area contributed by atoms with Gasteiger partial charge in [0.15, 0.2) is 0 Å². The predicted molar refractivity (Wildman–Crippen MR) is 87.0 cm³/mol. The first kappa shape index (κ1) is 15.1. The van der Waals surface area contributed by atoms with Gasteiger partial charge in [-0.05, 0) is 36.1 Å². The third-order valence-electron chi connectivity index (χ3n) is 3.84. The molecule has 0 saturated carbocycles. The molecule has 2 aromatic carbocycles. The number of hydrogen-bond donors (Lipinski definition) is 2. The molecule has 3 rings (SSSR count). The van der Waals surface area contributed by atoms with Crippen molar-refractivity contribution in [3.63, 3.8) is 0 Å². The summed E-state index contributed by atoms with van der Waals surface area (Å²) in [4.78, 5) is 12.6. The molecule has 1 aromatic heterocycles. The Kier molecular flexibility index (Phi) is 4.06. The van der Waals surface area contributed by atoms with E-state index in [1.54, 1.807) is 0 Å². The molecule has 0 spiro atoms. The number of carbonyl (C=O) groups is 1. The van der Waals surface area contributed by atoms with Crippen LogP contribution in [0, 0.1) is 5.82 Å². The number of nitrogens with zero attached hydrogens (tertiary/aromatic N) is 2. The van der Waals surface area contributed by atoms with Crippen LogP contribution >= 0.6 is 0 Å². The molecule has 2 N–H and O–H groups in total. The molecule has 0 aliphatic heterocycles. The summed E-state index contributed by atoms with van der Waals surface area (Å²) in [6, 6.07) is 8.43. The fraction of sp³-hybridized carbons (Fsp3) is 0.235. The topological polar surface area (TPSA) is 70.7 Å². The summed E-state index contributed by atoms with van der Waals surface area (Å²) in [7, 11) is 0. The minimum absolute atomic E-state index is 0.165. The van der Waals surface area contributed by atoms with Crippen LogP contribution in [0.2, 0.25) is 0 Å². The maximum atomic E-state index is 13.7. The Morgan fingerprint density at radius 3 is 2.74 bits per heavy atom. The van der Waals surface area contributed by atoms with Gasteiger partial charge in [0.25, 0.3) is 5.91 Å². The first-order valence-corrected chi connectivity index (χ1v) is 7.55. The summed E-state index contributed by atoms with van der Waals surface area (Å²) >= 11 is 0. The third-order valence-corrected chi connectivity index (χ3v) is 3.84. The van der Waals surface area contributed by atoms with Crippen molar-refractivity contribution in [1.82, 2.24) is 15.4 Å². The molecular formula is C17H17FN4O. The lowest BCUT2D eigenvalue weighted by Gasteiger charge is -2.12. The number of rotatable bonds is 4. The summed E-state index contributed by atoms with van der Waals surface area (Å²) in [6.45, 7) is 4.08. The number of aromatic nitrogens is 3. The van der Waals surface area contributed by atoms with Crippen molar-refractivity contribution in [2.45, 2.75) is 26.7 Å². The molecule has 0 aliphatic carbocycles. The molecule has 0 bridgehead atoms. The number of amides is 1. The van der Waals surface area contributed by atoms with E-state index in [9.17, 15) is 9.18 Å². The van der Waals surface area contributed by atoms with Crippen LogP contribution in [0.5, 0.6) is 0 Å². The van der Waals surface area contributed by atoms with Gasteiger partial charge < -0.3 is 5.32 Å². The van der Waals surface area contributed by atoms with Gasteiger partial charge in [0.05, 0.1) is 5.56 Å². The van der Waals surface area contributed by atoms with Crippen molar-refractivity contribution in [3.05, 3.63) is 52.8 Å². The van der Waals surface area contributed by atoms with Crippen molar-refractivity contribution in [2.75, 3.05) is 5.32 Å². The highest BCUT2D eigenvalue weighted by atomic mass is 19.1. The van der Waals surface area contributed by atoms with E-state index in [4.69, 9.17) is 0 Å². The average molecular weight is 312 g/mol. The van der Waals surface area contributed by atoms with Crippen molar-refractivity contribution >= 4 is 22.6 Å². The second kappa shape index (κ2) is 6.16. The number of hydrogen-bond acceptors (Lipinski definition) is 3. The third kappa shape index (κ3) is 2.92. The molecule has 0 unspecified atom stereocenters. The molecule has 6 heteroatoms. The Hall–Kier alpha value is -2.76. The summed E-state index contributed by atoms with van der Waals surface area (Å²) in [6.07, 6.45) is 1.67. The monoisotopic (exact) mass is 312 g/mol. The first-order chi connectivity index (χ1) is 11.1. The zero-order valence-corrected chi connectivity index (χ0v) is 13.0. The Morgan fingerprint density at radius 2 is 2.00 bits per heavy atom. The molecule has 0 aliphatic rings. The molecule has 0 atom stereocenters. The average Bonchev–Trinajstić information content (AvgIpc) is 3.01. The normalized spacial score (nSPS) is 10.9. The number of aryl methyl sites for hydroxylation is 2. The van der Waals surface area contributed by atoms with E-state index in [1.807, 2.05) is 25.1 Å². The fourth-order valence-electron chi connectivity index (χ4n) is 2.55. The minimum Gasteiger partial charge on any atom is -0.322 e. The molecule has 0 saturated heterocycles. The highest BCUT2D eigenvalue weighted by molar-refractivity contribution is 6.11. The Labute approximate surface area is 132 Å². The standard InChI is InChI=1S/C17H17FN4O/c1-3-10-5-6-11(4-2)14(7-10)19-17(23)13-8-12(18)9-15-16(13)21-22-20-15/h5-9H,3-4H2,1-2H3,(H,19,23)(H,20,21,22). The second-order valence-electron chi connectivity index (χ2n) is 5.30. The van der Waals surface area contributed by atoms with Gasteiger partial charge in [-0.3, -0.25) is 4.79 Å². The maximum absolute atomic E-state index is 13.7. The molecular weight excluding hydrogens is 295 g/mol. The van der Waals surface area contributed by atoms with Crippen LogP contribution in [0.15, 0.2) is 30.3 Å². The van der Waals surface area contributed by atoms with E-state index in [0.717, 1.165) is 29.7 Å². The summed E-state index contributed by atoms with van der Waals surface area (Å²) in [5, 5.41) is 13.1. The van der Waals surface area contributed by atoms with Gasteiger partial charge in [-0.1, -0.05) is 26.0 Å². The van der Waals surface area contributed by atoms with Crippen LogP contribution in [0.3, 0.4) is 0 Å². The number of aromatic amines is 1. The molecule has 3 aromatic rings. The minimum atomic E-state index is -0.519. The van der Waals surface area contributed by atoms with E-state index in [2.05, 4.69) is 27.7 Å². The maximum Gasteiger partial charge on any atom is 0.258 e. The van der Waals surface area contributed by atoms with Crippen molar-refractivity contribution < 1.29 is 9.18 Å². The molecule has 118 valence electrons. The molecule has 1 amide bonds. The lowest BCUT2D eigenvalue weighted by Crippen LogP contribution is -2.14. The zero-order chi connectivity index (χ0) is 16.4. The van der Waals surface area contributed by atoms with Crippen LogP contribution < -0.4 is 5.32 Å². The highest BCUT2D eigenvalue weighted by Gasteiger charge is 2.16. The number of H-pyrrole nitrogens is 1. The van der Waals surface area contributed by atoms with Crippen LogP contribution in [-0.4, -0.2) is 21.3 Å². The van der Waals surface area contributed by atoms with Crippen molar-refractivity contribution in [1.29, 1.82) is 0 Å². The molecule has 0 radical (unpaired) electrons. The van der Waals surface area contributed by atoms with Gasteiger partial charge in [-0.25, -0.2) is 4.39 Å². The Bertz CT molecular complexity index is 872. The largest absolute Gasteiger partial charge is 0.322 e. The van der Waals surface area contributed by atoms with Crippen LogP contribution in [-0.2, 0) is 12.8 Å². The Morgan fingerprint density at radius 1 is 1.17 bits per heavy atom. The lowest BCUT2D eigenvalue weighted by molar-refractivity contribution is 0.102. The fourth-order valence-corrected chi connectivity index (χ4v) is 2.55. The van der Waals surface area contributed by atoms with E-state index in [0.29, 0.717) is 11.0 Å². The van der Waals surface area contributed by atoms with Crippen LogP contribution in [0.25, 0.3) is 11.0 Å². The summed E-state index contributed by atoms with van der Waals surface area (Å²) < 4.78 is 13.7. The number of nitrogens with one attached hydrogen (secondary N) is 2. The SMILES string of the molecule is CCc1ccc(CC)c(NC(=O)c2cc(F)cc3n[nH]nc23)c1. The zero-order valence-electron chi connectivity index (χ0n) is 13.0. The van der Waals surface area contributed by atoms with Gasteiger partial charge in [0.1, 0.15) is 16.9 Å². The number of halogens is 1. The predicted octanol–water partition coefficient (Wildman–Crippen LogP) is 3.47. The van der Waals surface area contributed by atoms with Crippen LogP contribution in [0.4, 0.5) is 10.1 Å². The summed E-state index contributed by atoms with van der Waals surface area (Å²) in [5.41, 5.74) is 3.75. The summed E-state index contributed by atoms with van der Waals surface area (Å²) in [5.74, 6) is -0.916. The number of benzene rings is 2. The quantitative estimate of drug-likeness (QED) is 0.775. The van der Waals surface area contributed by atoms with Gasteiger partial charge in [-0.15, -0.1) is 0 Å². The molecule has 5 nitrogen and oxygen atoms in total.